The van der Waals surface area contributed by atoms with Gasteiger partial charge in [0.25, 0.3) is 11.5 Å². The third-order valence-corrected chi connectivity index (χ3v) is 6.22. The number of carbonyl (C=O) groups excluding carboxylic acids is 1. The Labute approximate surface area is 185 Å². The lowest BCUT2D eigenvalue weighted by Gasteiger charge is -2.09. The molecule has 0 spiro atoms. The predicted octanol–water partition coefficient (Wildman–Crippen LogP) is 3.39. The molecule has 1 amide bonds. The van der Waals surface area contributed by atoms with Gasteiger partial charge in [-0.25, -0.2) is 4.98 Å². The van der Waals surface area contributed by atoms with Crippen molar-refractivity contribution in [3.8, 4) is 0 Å². The van der Waals surface area contributed by atoms with Gasteiger partial charge >= 0.3 is 0 Å². The van der Waals surface area contributed by atoms with Crippen molar-refractivity contribution in [2.24, 2.45) is 5.92 Å². The molecule has 4 aromatic rings. The zero-order valence-corrected chi connectivity index (χ0v) is 17.9. The van der Waals surface area contributed by atoms with Gasteiger partial charge in [-0.1, -0.05) is 31.0 Å². The Balaban J connectivity index is 1.22. The average Bonchev–Trinajstić information content (AvgIpc) is 3.46. The molecule has 32 heavy (non-hydrogen) atoms. The van der Waals surface area contributed by atoms with Crippen LogP contribution in [0.4, 0.5) is 0 Å². The van der Waals surface area contributed by atoms with Gasteiger partial charge in [-0.15, -0.1) is 0 Å². The summed E-state index contributed by atoms with van der Waals surface area (Å²) in [5.41, 5.74) is 3.50. The van der Waals surface area contributed by atoms with E-state index in [1.165, 1.54) is 41.8 Å². The second-order valence-corrected chi connectivity index (χ2v) is 8.59. The monoisotopic (exact) mass is 429 g/mol. The highest BCUT2D eigenvalue weighted by molar-refractivity contribution is 5.92. The Morgan fingerprint density at radius 2 is 1.97 bits per heavy atom. The van der Waals surface area contributed by atoms with Crippen LogP contribution in [0.2, 0.25) is 0 Å². The van der Waals surface area contributed by atoms with Gasteiger partial charge < -0.3 is 15.6 Å². The van der Waals surface area contributed by atoms with E-state index in [2.05, 4.69) is 38.8 Å². The zero-order valence-electron chi connectivity index (χ0n) is 17.9. The molecule has 1 aromatic carbocycles. The summed E-state index contributed by atoms with van der Waals surface area (Å²) >= 11 is 0. The van der Waals surface area contributed by atoms with Gasteiger partial charge in [-0.05, 0) is 60.5 Å². The highest BCUT2D eigenvalue weighted by Crippen LogP contribution is 2.24. The standard InChI is InChI=1S/C25H27N5O2/c31-24-13-22(29-23-7-3-4-10-30(23)24)25(32)27-15-18-8-9-19-12-20(28-21(19)11-18)16-26-14-17-5-1-2-6-17/h3-4,7-13,17,26,28H,1-2,5-6,14-16H2,(H,27,32). The topological polar surface area (TPSA) is 91.3 Å². The number of H-pyrrole nitrogens is 1. The van der Waals surface area contributed by atoms with Crippen LogP contribution in [-0.4, -0.2) is 26.8 Å². The first-order valence-corrected chi connectivity index (χ1v) is 11.2. The molecule has 0 bridgehead atoms. The van der Waals surface area contributed by atoms with Crippen molar-refractivity contribution in [1.29, 1.82) is 0 Å². The molecule has 1 aliphatic rings. The Bertz CT molecular complexity index is 1320. The Morgan fingerprint density at radius 3 is 2.84 bits per heavy atom. The van der Waals surface area contributed by atoms with Crippen molar-refractivity contribution in [2.45, 2.75) is 38.8 Å². The number of carbonyl (C=O) groups is 1. The predicted molar refractivity (Wildman–Crippen MR) is 125 cm³/mol. The molecular formula is C25H27N5O2. The number of nitrogens with one attached hydrogen (secondary N) is 3. The molecule has 0 atom stereocenters. The van der Waals surface area contributed by atoms with E-state index >= 15 is 0 Å². The van der Waals surface area contributed by atoms with Crippen LogP contribution < -0.4 is 16.2 Å². The van der Waals surface area contributed by atoms with Crippen molar-refractivity contribution in [2.75, 3.05) is 6.54 Å². The molecule has 1 saturated carbocycles. The summed E-state index contributed by atoms with van der Waals surface area (Å²) in [6.07, 6.45) is 7.06. The number of aromatic nitrogens is 3. The van der Waals surface area contributed by atoms with E-state index in [9.17, 15) is 9.59 Å². The van der Waals surface area contributed by atoms with Crippen molar-refractivity contribution >= 4 is 22.5 Å². The van der Waals surface area contributed by atoms with E-state index in [1.807, 2.05) is 6.07 Å². The van der Waals surface area contributed by atoms with Crippen LogP contribution >= 0.6 is 0 Å². The molecule has 7 nitrogen and oxygen atoms in total. The number of aromatic amines is 1. The lowest BCUT2D eigenvalue weighted by molar-refractivity contribution is 0.0946. The van der Waals surface area contributed by atoms with E-state index in [-0.39, 0.29) is 17.2 Å². The highest BCUT2D eigenvalue weighted by Gasteiger charge is 2.14. The molecule has 0 unspecified atom stereocenters. The fraction of sp³-hybridized carbons (Fsp3) is 0.320. The van der Waals surface area contributed by atoms with Crippen molar-refractivity contribution in [1.82, 2.24) is 25.0 Å². The van der Waals surface area contributed by atoms with Gasteiger partial charge in [-0.3, -0.25) is 14.0 Å². The molecule has 164 valence electrons. The summed E-state index contributed by atoms with van der Waals surface area (Å²) in [6.45, 7) is 2.28. The number of nitrogens with zero attached hydrogens (tertiary/aromatic N) is 2. The Kier molecular flexibility index (Phi) is 5.73. The molecule has 5 rings (SSSR count). The molecule has 3 aromatic heterocycles. The van der Waals surface area contributed by atoms with Gasteiger partial charge in [0.05, 0.1) is 0 Å². The number of pyridine rings is 1. The van der Waals surface area contributed by atoms with Gasteiger partial charge in [0.1, 0.15) is 11.3 Å². The summed E-state index contributed by atoms with van der Waals surface area (Å²) in [5.74, 6) is 0.458. The molecule has 1 fully saturated rings. The molecule has 7 heteroatoms. The summed E-state index contributed by atoms with van der Waals surface area (Å²) in [6, 6.07) is 14.8. The number of amides is 1. The van der Waals surface area contributed by atoms with Crippen molar-refractivity contribution in [3.05, 3.63) is 82.0 Å². The maximum Gasteiger partial charge on any atom is 0.270 e. The molecule has 3 N–H and O–H groups in total. The average molecular weight is 430 g/mol. The lowest BCUT2D eigenvalue weighted by atomic mass is 10.1. The summed E-state index contributed by atoms with van der Waals surface area (Å²) in [5, 5.41) is 7.60. The van der Waals surface area contributed by atoms with Gasteiger partial charge in [-0.2, -0.15) is 0 Å². The third kappa shape index (κ3) is 4.43. The van der Waals surface area contributed by atoms with Crippen LogP contribution in [0.25, 0.3) is 16.6 Å². The van der Waals surface area contributed by atoms with E-state index in [1.54, 1.807) is 24.4 Å². The largest absolute Gasteiger partial charge is 0.357 e. The minimum atomic E-state index is -0.364. The molecular weight excluding hydrogens is 402 g/mol. The van der Waals surface area contributed by atoms with Crippen LogP contribution in [0.1, 0.15) is 47.4 Å². The minimum absolute atomic E-state index is 0.123. The summed E-state index contributed by atoms with van der Waals surface area (Å²) in [7, 11) is 0. The molecule has 3 heterocycles. The maximum atomic E-state index is 12.6. The van der Waals surface area contributed by atoms with Crippen LogP contribution in [0.15, 0.2) is 59.5 Å². The lowest BCUT2D eigenvalue weighted by Crippen LogP contribution is -2.26. The first kappa shape index (κ1) is 20.5. The first-order valence-electron chi connectivity index (χ1n) is 11.2. The molecule has 0 radical (unpaired) electrons. The number of hydrogen-bond donors (Lipinski definition) is 3. The minimum Gasteiger partial charge on any atom is -0.357 e. The Hall–Kier alpha value is -3.45. The van der Waals surface area contributed by atoms with E-state index in [4.69, 9.17) is 0 Å². The summed E-state index contributed by atoms with van der Waals surface area (Å²) < 4.78 is 1.41. The van der Waals surface area contributed by atoms with Crippen LogP contribution in [0.5, 0.6) is 0 Å². The number of benzene rings is 1. The summed E-state index contributed by atoms with van der Waals surface area (Å²) in [4.78, 5) is 32.6. The smallest absolute Gasteiger partial charge is 0.270 e. The third-order valence-electron chi connectivity index (χ3n) is 6.22. The van der Waals surface area contributed by atoms with Crippen molar-refractivity contribution in [3.63, 3.8) is 0 Å². The van der Waals surface area contributed by atoms with E-state index in [0.29, 0.717) is 12.2 Å². The number of rotatable bonds is 7. The van der Waals surface area contributed by atoms with Crippen molar-refractivity contribution < 1.29 is 4.79 Å². The molecule has 0 saturated heterocycles. The quantitative estimate of drug-likeness (QED) is 0.420. The highest BCUT2D eigenvalue weighted by atomic mass is 16.2. The Morgan fingerprint density at radius 1 is 1.09 bits per heavy atom. The van der Waals surface area contributed by atoms with Crippen LogP contribution in [-0.2, 0) is 13.1 Å². The van der Waals surface area contributed by atoms with E-state index < -0.39 is 0 Å². The fourth-order valence-corrected chi connectivity index (χ4v) is 4.51. The normalized spacial score (nSPS) is 14.4. The molecule has 0 aliphatic heterocycles. The maximum absolute atomic E-state index is 12.6. The number of hydrogen-bond acceptors (Lipinski definition) is 4. The number of fused-ring (bicyclic) bond motifs is 2. The van der Waals surface area contributed by atoms with Gasteiger partial charge in [0.15, 0.2) is 0 Å². The van der Waals surface area contributed by atoms with E-state index in [0.717, 1.165) is 35.5 Å². The molecule has 1 aliphatic carbocycles. The van der Waals surface area contributed by atoms with Crippen LogP contribution in [0, 0.1) is 5.92 Å². The second kappa shape index (κ2) is 8.96. The first-order chi connectivity index (χ1) is 15.7. The van der Waals surface area contributed by atoms with Crippen LogP contribution in [0.3, 0.4) is 0 Å². The SMILES string of the molecule is O=C(NCc1ccc2cc(CNCC3CCCC3)[nH]c2c1)c1cc(=O)n2ccccc2n1. The second-order valence-electron chi connectivity index (χ2n) is 8.59. The van der Waals surface area contributed by atoms with Gasteiger partial charge in [0, 0.05) is 36.6 Å². The van der Waals surface area contributed by atoms with Gasteiger partial charge in [0.2, 0.25) is 0 Å². The zero-order chi connectivity index (χ0) is 21.9. The fourth-order valence-electron chi connectivity index (χ4n) is 4.51.